The number of hydrogen-bond donors (Lipinski definition) is 0. The van der Waals surface area contributed by atoms with Gasteiger partial charge in [-0.1, -0.05) is 25.1 Å². The van der Waals surface area contributed by atoms with Crippen molar-refractivity contribution in [2.24, 2.45) is 0 Å². The van der Waals surface area contributed by atoms with E-state index in [1.807, 2.05) is 0 Å². The summed E-state index contributed by atoms with van der Waals surface area (Å²) in [5.74, 6) is -0.443. The first-order valence-corrected chi connectivity index (χ1v) is 10.9. The molecule has 2 aromatic rings. The lowest BCUT2D eigenvalue weighted by atomic mass is 10.2. The minimum Gasteiger partial charge on any atom is -0.224 e. The lowest BCUT2D eigenvalue weighted by Crippen LogP contribution is -2.31. The van der Waals surface area contributed by atoms with Crippen molar-refractivity contribution in [3.63, 3.8) is 0 Å². The van der Waals surface area contributed by atoms with E-state index in [-0.39, 0.29) is 22.9 Å². The molecule has 0 radical (unpaired) electrons. The Hall–Kier alpha value is -1.77. The fourth-order valence-electron chi connectivity index (χ4n) is 2.43. The van der Waals surface area contributed by atoms with E-state index in [1.54, 1.807) is 19.9 Å². The van der Waals surface area contributed by atoms with Crippen LogP contribution in [-0.2, 0) is 26.4 Å². The summed E-state index contributed by atoms with van der Waals surface area (Å²) in [7, 11) is -7.46. The molecule has 0 saturated carbocycles. The van der Waals surface area contributed by atoms with E-state index in [9.17, 15) is 21.2 Å². The van der Waals surface area contributed by atoms with Gasteiger partial charge in [0, 0.05) is 19.3 Å². The standard InChI is InChI=1S/C17H20FNO4S2/c1-4-19(12-14-6-5-7-15(18)10-14)25(22,23)17-11-16(24(3,20)21)9-8-13(17)2/h5-11H,4,12H2,1-3H3. The molecule has 0 fully saturated rings. The van der Waals surface area contributed by atoms with Crippen molar-refractivity contribution >= 4 is 19.9 Å². The Balaban J connectivity index is 2.48. The third-order valence-corrected chi connectivity index (χ3v) is 6.98. The Morgan fingerprint density at radius 1 is 1.04 bits per heavy atom. The van der Waals surface area contributed by atoms with Gasteiger partial charge in [0.25, 0.3) is 0 Å². The van der Waals surface area contributed by atoms with Gasteiger partial charge in [0.05, 0.1) is 9.79 Å². The quantitative estimate of drug-likeness (QED) is 0.767. The molecule has 0 saturated heterocycles. The zero-order valence-corrected chi connectivity index (χ0v) is 15.9. The average molecular weight is 385 g/mol. The molecule has 0 aliphatic heterocycles. The number of aryl methyl sites for hydroxylation is 1. The summed E-state index contributed by atoms with van der Waals surface area (Å²) in [6, 6.07) is 9.74. The summed E-state index contributed by atoms with van der Waals surface area (Å²) in [4.78, 5) is -0.118. The first-order chi connectivity index (χ1) is 11.6. The molecular weight excluding hydrogens is 365 g/mol. The maximum atomic E-state index is 13.4. The van der Waals surface area contributed by atoms with Gasteiger partial charge in [-0.15, -0.1) is 0 Å². The molecule has 0 heterocycles. The fourth-order valence-corrected chi connectivity index (χ4v) is 4.84. The van der Waals surface area contributed by atoms with Gasteiger partial charge in [-0.25, -0.2) is 21.2 Å². The molecule has 5 nitrogen and oxygen atoms in total. The van der Waals surface area contributed by atoms with Crippen LogP contribution < -0.4 is 0 Å². The van der Waals surface area contributed by atoms with Gasteiger partial charge in [0.1, 0.15) is 5.82 Å². The third-order valence-electron chi connectivity index (χ3n) is 3.81. The van der Waals surface area contributed by atoms with Crippen molar-refractivity contribution in [2.75, 3.05) is 12.8 Å². The van der Waals surface area contributed by atoms with Crippen LogP contribution in [0.3, 0.4) is 0 Å². The van der Waals surface area contributed by atoms with Crippen molar-refractivity contribution in [1.82, 2.24) is 4.31 Å². The molecular formula is C17H20FNO4S2. The fraction of sp³-hybridized carbons (Fsp3) is 0.294. The summed E-state index contributed by atoms with van der Waals surface area (Å²) in [5.41, 5.74) is 0.965. The Morgan fingerprint density at radius 3 is 2.28 bits per heavy atom. The van der Waals surface area contributed by atoms with Crippen LogP contribution in [0.25, 0.3) is 0 Å². The molecule has 0 atom stereocenters. The predicted octanol–water partition coefficient (Wildman–Crippen LogP) is 2.75. The van der Waals surface area contributed by atoms with E-state index >= 15 is 0 Å². The van der Waals surface area contributed by atoms with Crippen molar-refractivity contribution in [1.29, 1.82) is 0 Å². The number of halogens is 1. The van der Waals surface area contributed by atoms with Crippen molar-refractivity contribution < 1.29 is 21.2 Å². The van der Waals surface area contributed by atoms with Crippen LogP contribution in [0.1, 0.15) is 18.1 Å². The number of nitrogens with zero attached hydrogens (tertiary/aromatic N) is 1. The normalized spacial score (nSPS) is 12.5. The smallest absolute Gasteiger partial charge is 0.224 e. The van der Waals surface area contributed by atoms with E-state index in [0.29, 0.717) is 11.1 Å². The predicted molar refractivity (Wildman–Crippen MR) is 94.0 cm³/mol. The minimum absolute atomic E-state index is 0.000857. The second kappa shape index (κ2) is 7.23. The molecule has 0 spiro atoms. The number of sulfonamides is 1. The Bertz CT molecular complexity index is 985. The number of sulfone groups is 1. The highest BCUT2D eigenvalue weighted by Gasteiger charge is 2.26. The Kier molecular flexibility index (Phi) is 5.65. The van der Waals surface area contributed by atoms with Crippen LogP contribution in [-0.4, -0.2) is 33.9 Å². The highest BCUT2D eigenvalue weighted by Crippen LogP contribution is 2.25. The first kappa shape index (κ1) is 19.6. The lowest BCUT2D eigenvalue weighted by Gasteiger charge is -2.22. The van der Waals surface area contributed by atoms with E-state index in [0.717, 1.165) is 6.26 Å². The Morgan fingerprint density at radius 2 is 1.72 bits per heavy atom. The summed E-state index contributed by atoms with van der Waals surface area (Å²) in [6.07, 6.45) is 1.03. The lowest BCUT2D eigenvalue weighted by molar-refractivity contribution is 0.422. The molecule has 25 heavy (non-hydrogen) atoms. The summed E-state index contributed by atoms with van der Waals surface area (Å²) in [6.45, 7) is 3.45. The van der Waals surface area contributed by atoms with Gasteiger partial charge < -0.3 is 0 Å². The van der Waals surface area contributed by atoms with Crippen LogP contribution in [0.15, 0.2) is 52.3 Å². The number of hydrogen-bond acceptors (Lipinski definition) is 4. The molecule has 2 rings (SSSR count). The summed E-state index contributed by atoms with van der Waals surface area (Å²) >= 11 is 0. The molecule has 0 aromatic heterocycles. The first-order valence-electron chi connectivity index (χ1n) is 7.61. The van der Waals surface area contributed by atoms with Crippen molar-refractivity contribution in [2.45, 2.75) is 30.2 Å². The molecule has 0 bridgehead atoms. The highest BCUT2D eigenvalue weighted by molar-refractivity contribution is 7.91. The molecule has 2 aromatic carbocycles. The third kappa shape index (κ3) is 4.45. The maximum absolute atomic E-state index is 13.4. The minimum atomic E-state index is -3.93. The Labute approximate surface area is 148 Å². The molecule has 8 heteroatoms. The maximum Gasteiger partial charge on any atom is 0.243 e. The zero-order chi connectivity index (χ0) is 18.8. The van der Waals surface area contributed by atoms with Gasteiger partial charge in [0.2, 0.25) is 10.0 Å². The largest absolute Gasteiger partial charge is 0.243 e. The average Bonchev–Trinajstić information content (AvgIpc) is 2.51. The van der Waals surface area contributed by atoms with Crippen LogP contribution in [0.4, 0.5) is 4.39 Å². The second-order valence-electron chi connectivity index (χ2n) is 5.76. The van der Waals surface area contributed by atoms with E-state index in [4.69, 9.17) is 0 Å². The molecule has 0 unspecified atom stereocenters. The van der Waals surface area contributed by atoms with E-state index in [1.165, 1.54) is 40.7 Å². The molecule has 0 amide bonds. The number of benzene rings is 2. The summed E-state index contributed by atoms with van der Waals surface area (Å²) in [5, 5.41) is 0. The second-order valence-corrected chi connectivity index (χ2v) is 9.68. The molecule has 0 aliphatic rings. The topological polar surface area (TPSA) is 71.5 Å². The zero-order valence-electron chi connectivity index (χ0n) is 14.2. The van der Waals surface area contributed by atoms with Crippen LogP contribution in [0, 0.1) is 12.7 Å². The van der Waals surface area contributed by atoms with Gasteiger partial charge in [-0.05, 0) is 42.3 Å². The van der Waals surface area contributed by atoms with Crippen molar-refractivity contribution in [3.05, 3.63) is 59.4 Å². The van der Waals surface area contributed by atoms with Crippen LogP contribution in [0.5, 0.6) is 0 Å². The van der Waals surface area contributed by atoms with Crippen LogP contribution in [0.2, 0.25) is 0 Å². The van der Waals surface area contributed by atoms with Gasteiger partial charge in [-0.3, -0.25) is 0 Å². The molecule has 136 valence electrons. The SMILES string of the molecule is CCN(Cc1cccc(F)c1)S(=O)(=O)c1cc(S(C)(=O)=O)ccc1C. The van der Waals surface area contributed by atoms with E-state index < -0.39 is 25.7 Å². The number of rotatable bonds is 6. The van der Waals surface area contributed by atoms with Gasteiger partial charge >= 0.3 is 0 Å². The van der Waals surface area contributed by atoms with Crippen LogP contribution >= 0.6 is 0 Å². The van der Waals surface area contributed by atoms with Gasteiger partial charge in [-0.2, -0.15) is 4.31 Å². The van der Waals surface area contributed by atoms with E-state index in [2.05, 4.69) is 0 Å². The highest BCUT2D eigenvalue weighted by atomic mass is 32.2. The summed E-state index contributed by atoms with van der Waals surface area (Å²) < 4.78 is 64.0. The monoisotopic (exact) mass is 385 g/mol. The molecule has 0 N–H and O–H groups in total. The van der Waals surface area contributed by atoms with Crippen molar-refractivity contribution in [3.8, 4) is 0 Å². The van der Waals surface area contributed by atoms with Gasteiger partial charge in [0.15, 0.2) is 9.84 Å². The molecule has 0 aliphatic carbocycles.